The minimum absolute atomic E-state index is 0.0542. The van der Waals surface area contributed by atoms with Crippen molar-refractivity contribution in [3.63, 3.8) is 0 Å². The number of carbonyl (C=O) groups is 1. The van der Waals surface area contributed by atoms with Gasteiger partial charge in [-0.05, 0) is 35.9 Å². The summed E-state index contributed by atoms with van der Waals surface area (Å²) in [5.74, 6) is -0.521. The van der Waals surface area contributed by atoms with E-state index in [1.165, 1.54) is 56.6 Å². The third-order valence-electron chi connectivity index (χ3n) is 3.80. The van der Waals surface area contributed by atoms with Gasteiger partial charge in [0.1, 0.15) is 12.5 Å². The first kappa shape index (κ1) is 19.5. The number of halogens is 1. The van der Waals surface area contributed by atoms with Crippen LogP contribution in [0.2, 0.25) is 0 Å². The molecule has 0 saturated heterocycles. The van der Waals surface area contributed by atoms with Crippen LogP contribution in [-0.4, -0.2) is 40.2 Å². The van der Waals surface area contributed by atoms with Gasteiger partial charge in [0.25, 0.3) is 10.0 Å². The molecule has 0 radical (unpaired) electrons. The van der Waals surface area contributed by atoms with Gasteiger partial charge < -0.3 is 10.1 Å². The monoisotopic (exact) mass is 404 g/mol. The van der Waals surface area contributed by atoms with Gasteiger partial charge in [-0.1, -0.05) is 6.07 Å². The van der Waals surface area contributed by atoms with Crippen LogP contribution in [0.15, 0.2) is 51.3 Å². The quantitative estimate of drug-likeness (QED) is 0.742. The van der Waals surface area contributed by atoms with Gasteiger partial charge in [0.15, 0.2) is 11.6 Å². The van der Waals surface area contributed by atoms with Crippen LogP contribution in [0.1, 0.15) is 18.1 Å². The van der Waals surface area contributed by atoms with Gasteiger partial charge in [-0.3, -0.25) is 14.5 Å². The van der Waals surface area contributed by atoms with Gasteiger partial charge in [0.05, 0.1) is 12.0 Å². The number of rotatable bonds is 5. The summed E-state index contributed by atoms with van der Waals surface area (Å²) < 4.78 is 45.0. The first-order chi connectivity index (χ1) is 13.3. The summed E-state index contributed by atoms with van der Waals surface area (Å²) in [4.78, 5) is 19.6. The molecule has 1 heterocycles. The third kappa shape index (κ3) is 4.17. The van der Waals surface area contributed by atoms with E-state index in [1.807, 2.05) is 0 Å². The van der Waals surface area contributed by atoms with E-state index in [2.05, 4.69) is 20.0 Å². The molecule has 146 valence electrons. The molecule has 28 heavy (non-hydrogen) atoms. The van der Waals surface area contributed by atoms with Gasteiger partial charge in [0.2, 0.25) is 5.91 Å². The van der Waals surface area contributed by atoms with Gasteiger partial charge in [-0.15, -0.1) is 0 Å². The highest BCUT2D eigenvalue weighted by molar-refractivity contribution is 7.90. The molecule has 8 nitrogen and oxygen atoms in total. The van der Waals surface area contributed by atoms with Crippen LogP contribution in [0.5, 0.6) is 5.75 Å². The minimum atomic E-state index is -3.71. The fraction of sp³-hybridized carbons (Fsp3) is 0.167. The second-order valence-electron chi connectivity index (χ2n) is 5.85. The van der Waals surface area contributed by atoms with Crippen molar-refractivity contribution in [1.29, 1.82) is 0 Å². The van der Waals surface area contributed by atoms with Crippen molar-refractivity contribution in [2.75, 3.05) is 19.1 Å². The third-order valence-corrected chi connectivity index (χ3v) is 5.20. The molecule has 0 aliphatic carbocycles. The maximum atomic E-state index is 13.4. The molecule has 0 fully saturated rings. The van der Waals surface area contributed by atoms with Crippen molar-refractivity contribution in [2.45, 2.75) is 11.8 Å². The van der Waals surface area contributed by atoms with Gasteiger partial charge in [-0.25, -0.2) is 17.8 Å². The number of nitrogens with one attached hydrogen (secondary N) is 2. The molecule has 1 aliphatic heterocycles. The van der Waals surface area contributed by atoms with Gasteiger partial charge >= 0.3 is 0 Å². The highest BCUT2D eigenvalue weighted by Gasteiger charge is 2.30. The number of sulfonamides is 1. The maximum Gasteiger partial charge on any atom is 0.263 e. The largest absolute Gasteiger partial charge is 0.494 e. The first-order valence-corrected chi connectivity index (χ1v) is 9.61. The van der Waals surface area contributed by atoms with Crippen LogP contribution in [-0.2, 0) is 14.8 Å². The van der Waals surface area contributed by atoms with Gasteiger partial charge in [0, 0.05) is 24.4 Å². The predicted molar refractivity (Wildman–Crippen MR) is 103 cm³/mol. The molecule has 0 bridgehead atoms. The van der Waals surface area contributed by atoms with Crippen LogP contribution in [0.25, 0.3) is 0 Å². The average Bonchev–Trinajstić information content (AvgIpc) is 2.89. The number of carbonyl (C=O) groups excluding carboxylic acids is 1. The zero-order chi connectivity index (χ0) is 20.3. The molecule has 2 N–H and O–H groups in total. The summed E-state index contributed by atoms with van der Waals surface area (Å²) >= 11 is 0. The predicted octanol–water partition coefficient (Wildman–Crippen LogP) is 1.91. The number of aliphatic imine (C=N–C) groups is 2. The van der Waals surface area contributed by atoms with Crippen LogP contribution in [0.3, 0.4) is 0 Å². The number of anilines is 1. The zero-order valence-corrected chi connectivity index (χ0v) is 15.9. The zero-order valence-electron chi connectivity index (χ0n) is 15.1. The van der Waals surface area contributed by atoms with Crippen molar-refractivity contribution in [1.82, 2.24) is 4.72 Å². The van der Waals surface area contributed by atoms with Crippen molar-refractivity contribution < 1.29 is 22.3 Å². The summed E-state index contributed by atoms with van der Waals surface area (Å²) in [5, 5.41) is 2.60. The fourth-order valence-corrected chi connectivity index (χ4v) is 3.83. The van der Waals surface area contributed by atoms with E-state index in [4.69, 9.17) is 4.74 Å². The van der Waals surface area contributed by atoms with Crippen LogP contribution in [0, 0.1) is 5.82 Å². The van der Waals surface area contributed by atoms with Crippen molar-refractivity contribution in [2.24, 2.45) is 9.98 Å². The lowest BCUT2D eigenvalue weighted by Crippen LogP contribution is -2.22. The number of hydrogen-bond donors (Lipinski definition) is 2. The van der Waals surface area contributed by atoms with E-state index >= 15 is 0 Å². The Morgan fingerprint density at radius 3 is 2.79 bits per heavy atom. The van der Waals surface area contributed by atoms with E-state index in [0.717, 1.165) is 0 Å². The molecule has 1 aliphatic rings. The molecule has 2 aromatic carbocycles. The molecule has 0 spiro atoms. The Kier molecular flexibility index (Phi) is 5.41. The lowest BCUT2D eigenvalue weighted by atomic mass is 10.2. The summed E-state index contributed by atoms with van der Waals surface area (Å²) in [5.41, 5.74) is 1.42. The van der Waals surface area contributed by atoms with E-state index in [-0.39, 0.29) is 29.1 Å². The van der Waals surface area contributed by atoms with Gasteiger partial charge in [-0.2, -0.15) is 0 Å². The van der Waals surface area contributed by atoms with E-state index in [9.17, 15) is 17.6 Å². The second-order valence-corrected chi connectivity index (χ2v) is 7.50. The summed E-state index contributed by atoms with van der Waals surface area (Å²) in [6, 6.07) is 8.71. The van der Waals surface area contributed by atoms with Crippen molar-refractivity contribution in [3.8, 4) is 5.75 Å². The Balaban J connectivity index is 1.81. The molecule has 0 unspecified atom stereocenters. The van der Waals surface area contributed by atoms with Crippen LogP contribution in [0.4, 0.5) is 10.1 Å². The molecule has 10 heteroatoms. The summed E-state index contributed by atoms with van der Waals surface area (Å²) in [6.45, 7) is 1.30. The number of amidine groups is 1. The Hall–Kier alpha value is -3.27. The fourth-order valence-electron chi connectivity index (χ4n) is 2.60. The normalized spacial score (nSPS) is 16.0. The summed E-state index contributed by atoms with van der Waals surface area (Å²) in [7, 11) is -2.34. The molecular weight excluding hydrogens is 387 g/mol. The smallest absolute Gasteiger partial charge is 0.263 e. The SMILES string of the molecule is COc1cc(C=NCN=C2NS(=O)(=O)c3ccc(NC(C)=O)cc32)ccc1F. The number of benzene rings is 2. The minimum Gasteiger partial charge on any atom is -0.494 e. The molecule has 0 aromatic heterocycles. The average molecular weight is 404 g/mol. The molecule has 0 atom stereocenters. The molecule has 0 saturated carbocycles. The molecule has 1 amide bonds. The Morgan fingerprint density at radius 1 is 1.29 bits per heavy atom. The maximum absolute atomic E-state index is 13.4. The number of amides is 1. The van der Waals surface area contributed by atoms with E-state index in [1.54, 1.807) is 0 Å². The van der Waals surface area contributed by atoms with E-state index in [0.29, 0.717) is 16.8 Å². The highest BCUT2D eigenvalue weighted by atomic mass is 32.2. The number of ether oxygens (including phenoxy) is 1. The Bertz CT molecular complexity index is 1100. The van der Waals surface area contributed by atoms with Crippen molar-refractivity contribution in [3.05, 3.63) is 53.3 Å². The lowest BCUT2D eigenvalue weighted by Gasteiger charge is -2.03. The first-order valence-electron chi connectivity index (χ1n) is 8.13. The molecular formula is C18H17FN4O4S. The summed E-state index contributed by atoms with van der Waals surface area (Å²) in [6.07, 6.45) is 1.48. The van der Waals surface area contributed by atoms with Crippen molar-refractivity contribution >= 4 is 33.7 Å². The number of nitrogens with zero attached hydrogens (tertiary/aromatic N) is 2. The van der Waals surface area contributed by atoms with E-state index < -0.39 is 15.8 Å². The number of methoxy groups -OCH3 is 1. The van der Waals surface area contributed by atoms with Crippen LogP contribution >= 0.6 is 0 Å². The Morgan fingerprint density at radius 2 is 2.07 bits per heavy atom. The topological polar surface area (TPSA) is 109 Å². The molecule has 2 aromatic rings. The highest BCUT2D eigenvalue weighted by Crippen LogP contribution is 2.26. The number of hydrogen-bond acceptors (Lipinski definition) is 6. The lowest BCUT2D eigenvalue weighted by molar-refractivity contribution is -0.114. The standard InChI is InChI=1S/C18H17FN4O4S/c1-11(24)22-13-4-6-17-14(8-13)18(23-28(17,25)26)21-10-20-9-12-3-5-15(19)16(7-12)27-2/h3-9H,10H2,1-2H3,(H,21,23)(H,22,24). The molecule has 3 rings (SSSR count). The second kappa shape index (κ2) is 7.77. The number of fused-ring (bicyclic) bond motifs is 1. The van der Waals surface area contributed by atoms with Crippen LogP contribution < -0.4 is 14.8 Å². The Labute approximate surface area is 161 Å².